The van der Waals surface area contributed by atoms with Gasteiger partial charge in [-0.3, -0.25) is 4.99 Å². The summed E-state index contributed by atoms with van der Waals surface area (Å²) in [5, 5.41) is 3.89. The topological polar surface area (TPSA) is 27.6 Å². The average Bonchev–Trinajstić information content (AvgIpc) is 2.20. The van der Waals surface area contributed by atoms with E-state index in [9.17, 15) is 0 Å². The molecule has 1 aliphatic rings. The second-order valence-corrected chi connectivity index (χ2v) is 5.24. The minimum atomic E-state index is 0. The minimum absolute atomic E-state index is 0. The summed E-state index contributed by atoms with van der Waals surface area (Å²) in [6, 6.07) is 0. The Morgan fingerprint density at radius 1 is 1.53 bits per heavy atom. The van der Waals surface area contributed by atoms with E-state index in [1.54, 1.807) is 0 Å². The summed E-state index contributed by atoms with van der Waals surface area (Å²) in [6.07, 6.45) is 0. The fraction of sp³-hybridized carbons (Fsp3) is 0.900. The molecule has 0 spiro atoms. The first kappa shape index (κ1) is 15.3. The number of halogens is 1. The van der Waals surface area contributed by atoms with Crippen LogP contribution in [0.1, 0.15) is 13.8 Å². The molecular formula is C10H22IN3S. The number of rotatable bonds is 1. The molecule has 0 radical (unpaired) electrons. The largest absolute Gasteiger partial charge is 0.359 e. The van der Waals surface area contributed by atoms with E-state index in [0.29, 0.717) is 0 Å². The molecule has 1 rings (SSSR count). The van der Waals surface area contributed by atoms with Gasteiger partial charge in [-0.1, -0.05) is 13.8 Å². The molecule has 1 atom stereocenters. The molecule has 0 bridgehead atoms. The number of nitrogens with one attached hydrogen (secondary N) is 1. The van der Waals surface area contributed by atoms with Crippen LogP contribution < -0.4 is 5.32 Å². The Bertz CT molecular complexity index is 209. The van der Waals surface area contributed by atoms with Gasteiger partial charge in [0.1, 0.15) is 0 Å². The highest BCUT2D eigenvalue weighted by Crippen LogP contribution is 2.24. The van der Waals surface area contributed by atoms with Crippen LogP contribution in [0.2, 0.25) is 0 Å². The van der Waals surface area contributed by atoms with Crippen LogP contribution in [0.15, 0.2) is 4.99 Å². The zero-order valence-corrected chi connectivity index (χ0v) is 13.1. The average molecular weight is 343 g/mol. The molecule has 90 valence electrons. The van der Waals surface area contributed by atoms with Crippen molar-refractivity contribution in [3.8, 4) is 0 Å². The van der Waals surface area contributed by atoms with Gasteiger partial charge in [-0.05, 0) is 5.92 Å². The lowest BCUT2D eigenvalue weighted by atomic mass is 10.1. The van der Waals surface area contributed by atoms with Gasteiger partial charge in [0, 0.05) is 38.2 Å². The summed E-state index contributed by atoms with van der Waals surface area (Å²) in [5.41, 5.74) is 0. The maximum atomic E-state index is 4.25. The van der Waals surface area contributed by atoms with Gasteiger partial charge in [-0.2, -0.15) is 11.8 Å². The highest BCUT2D eigenvalue weighted by atomic mass is 127. The molecular weight excluding hydrogens is 321 g/mol. The van der Waals surface area contributed by atoms with Crippen molar-refractivity contribution in [1.82, 2.24) is 10.2 Å². The van der Waals surface area contributed by atoms with Crippen molar-refractivity contribution in [3.05, 3.63) is 0 Å². The molecule has 0 aliphatic carbocycles. The maximum Gasteiger partial charge on any atom is 0.193 e. The van der Waals surface area contributed by atoms with Crippen LogP contribution >= 0.6 is 35.7 Å². The van der Waals surface area contributed by atoms with Gasteiger partial charge in [-0.25, -0.2) is 0 Å². The lowest BCUT2D eigenvalue weighted by Crippen LogP contribution is -2.48. The summed E-state index contributed by atoms with van der Waals surface area (Å²) in [6.45, 7) is 6.82. The smallest absolute Gasteiger partial charge is 0.193 e. The fourth-order valence-electron chi connectivity index (χ4n) is 1.68. The molecule has 0 amide bonds. The highest BCUT2D eigenvalue weighted by molar-refractivity contribution is 14.0. The summed E-state index contributed by atoms with van der Waals surface area (Å²) in [4.78, 5) is 6.59. The SMILES string of the molecule is CN=C(NC)N1CCSC(C(C)C)C1.I. The number of hydrogen-bond acceptors (Lipinski definition) is 2. The molecule has 15 heavy (non-hydrogen) atoms. The first-order chi connectivity index (χ1) is 6.69. The summed E-state index contributed by atoms with van der Waals surface area (Å²) in [5.74, 6) is 2.98. The standard InChI is InChI=1S/C10H21N3S.HI/c1-8(2)9-7-13(5-6-14-9)10(11-3)12-4;/h8-9H,5-7H2,1-4H3,(H,11,12);1H. The quantitative estimate of drug-likeness (QED) is 0.448. The van der Waals surface area contributed by atoms with E-state index in [-0.39, 0.29) is 24.0 Å². The molecule has 0 aromatic heterocycles. The zero-order valence-electron chi connectivity index (χ0n) is 9.99. The van der Waals surface area contributed by atoms with E-state index >= 15 is 0 Å². The van der Waals surface area contributed by atoms with E-state index in [4.69, 9.17) is 0 Å². The summed E-state index contributed by atoms with van der Waals surface area (Å²) in [7, 11) is 3.78. The Labute approximate surface area is 114 Å². The van der Waals surface area contributed by atoms with Crippen LogP contribution in [-0.4, -0.2) is 49.0 Å². The fourth-order valence-corrected chi connectivity index (χ4v) is 2.98. The Hall–Kier alpha value is 0.350. The predicted molar refractivity (Wildman–Crippen MR) is 80.5 cm³/mol. The second kappa shape index (κ2) is 7.60. The van der Waals surface area contributed by atoms with E-state index in [2.05, 4.69) is 40.8 Å². The molecule has 1 N–H and O–H groups in total. The van der Waals surface area contributed by atoms with Gasteiger partial charge in [0.2, 0.25) is 0 Å². The van der Waals surface area contributed by atoms with Crippen molar-refractivity contribution in [2.24, 2.45) is 10.9 Å². The monoisotopic (exact) mass is 343 g/mol. The van der Waals surface area contributed by atoms with Gasteiger partial charge in [0.05, 0.1) is 0 Å². The van der Waals surface area contributed by atoms with E-state index in [0.717, 1.165) is 30.2 Å². The van der Waals surface area contributed by atoms with Crippen LogP contribution in [0.5, 0.6) is 0 Å². The van der Waals surface area contributed by atoms with Crippen molar-refractivity contribution in [2.75, 3.05) is 32.9 Å². The van der Waals surface area contributed by atoms with Crippen LogP contribution in [0.3, 0.4) is 0 Å². The third kappa shape index (κ3) is 4.38. The molecule has 1 aliphatic heterocycles. The lowest BCUT2D eigenvalue weighted by Gasteiger charge is -2.35. The van der Waals surface area contributed by atoms with Gasteiger partial charge < -0.3 is 10.2 Å². The van der Waals surface area contributed by atoms with Gasteiger partial charge >= 0.3 is 0 Å². The van der Waals surface area contributed by atoms with Crippen LogP contribution in [0, 0.1) is 5.92 Å². The van der Waals surface area contributed by atoms with Crippen molar-refractivity contribution < 1.29 is 0 Å². The lowest BCUT2D eigenvalue weighted by molar-refractivity contribution is 0.383. The number of thioether (sulfide) groups is 1. The Balaban J connectivity index is 0.00000196. The summed E-state index contributed by atoms with van der Waals surface area (Å²) < 4.78 is 0. The van der Waals surface area contributed by atoms with Gasteiger partial charge in [0.15, 0.2) is 5.96 Å². The minimum Gasteiger partial charge on any atom is -0.359 e. The number of hydrogen-bond donors (Lipinski definition) is 1. The van der Waals surface area contributed by atoms with Crippen molar-refractivity contribution in [2.45, 2.75) is 19.1 Å². The Morgan fingerprint density at radius 3 is 2.67 bits per heavy atom. The molecule has 0 aromatic rings. The zero-order chi connectivity index (χ0) is 10.6. The molecule has 1 saturated heterocycles. The van der Waals surface area contributed by atoms with E-state index in [1.807, 2.05) is 14.1 Å². The van der Waals surface area contributed by atoms with Crippen LogP contribution in [-0.2, 0) is 0 Å². The first-order valence-corrected chi connectivity index (χ1v) is 6.25. The Kier molecular flexibility index (Phi) is 7.77. The predicted octanol–water partition coefficient (Wildman–Crippen LogP) is 1.88. The number of aliphatic imine (C=N–C) groups is 1. The molecule has 0 saturated carbocycles. The van der Waals surface area contributed by atoms with Crippen molar-refractivity contribution in [1.29, 1.82) is 0 Å². The van der Waals surface area contributed by atoms with E-state index in [1.165, 1.54) is 5.75 Å². The molecule has 1 heterocycles. The van der Waals surface area contributed by atoms with Crippen molar-refractivity contribution in [3.63, 3.8) is 0 Å². The number of guanidine groups is 1. The number of nitrogens with zero attached hydrogens (tertiary/aromatic N) is 2. The highest BCUT2D eigenvalue weighted by Gasteiger charge is 2.24. The van der Waals surface area contributed by atoms with Gasteiger partial charge in [0.25, 0.3) is 0 Å². The second-order valence-electron chi connectivity index (χ2n) is 3.90. The molecule has 1 unspecified atom stereocenters. The summed E-state index contributed by atoms with van der Waals surface area (Å²) >= 11 is 2.09. The normalized spacial score (nSPS) is 22.6. The maximum absolute atomic E-state index is 4.25. The van der Waals surface area contributed by atoms with E-state index < -0.39 is 0 Å². The molecule has 0 aromatic carbocycles. The molecule has 1 fully saturated rings. The van der Waals surface area contributed by atoms with Crippen molar-refractivity contribution >= 4 is 41.7 Å². The third-order valence-corrected chi connectivity index (χ3v) is 4.11. The van der Waals surface area contributed by atoms with Crippen LogP contribution in [0.25, 0.3) is 0 Å². The van der Waals surface area contributed by atoms with Crippen LogP contribution in [0.4, 0.5) is 0 Å². The Morgan fingerprint density at radius 2 is 2.20 bits per heavy atom. The molecule has 3 nitrogen and oxygen atoms in total. The molecule has 5 heteroatoms. The van der Waals surface area contributed by atoms with Gasteiger partial charge in [-0.15, -0.1) is 24.0 Å². The third-order valence-electron chi connectivity index (χ3n) is 2.57. The first-order valence-electron chi connectivity index (χ1n) is 5.20.